The molecule has 0 aliphatic heterocycles. The predicted molar refractivity (Wildman–Crippen MR) is 99.3 cm³/mol. The number of carbonyl (C=O) groups excluding carboxylic acids is 1. The van der Waals surface area contributed by atoms with E-state index >= 15 is 0 Å². The highest BCUT2D eigenvalue weighted by atomic mass is 35.5. The van der Waals surface area contributed by atoms with Gasteiger partial charge in [0.1, 0.15) is 10.8 Å². The van der Waals surface area contributed by atoms with E-state index in [1.165, 1.54) is 22.8 Å². The summed E-state index contributed by atoms with van der Waals surface area (Å²) in [5.74, 6) is -0.372. The van der Waals surface area contributed by atoms with E-state index in [0.717, 1.165) is 25.7 Å². The second-order valence-corrected chi connectivity index (χ2v) is 9.15. The van der Waals surface area contributed by atoms with E-state index in [4.69, 9.17) is 23.2 Å². The molecule has 5 nitrogen and oxygen atoms in total. The van der Waals surface area contributed by atoms with Gasteiger partial charge in [0.2, 0.25) is 0 Å². The van der Waals surface area contributed by atoms with Crippen molar-refractivity contribution in [1.29, 1.82) is 0 Å². The van der Waals surface area contributed by atoms with Gasteiger partial charge >= 0.3 is 0 Å². The fourth-order valence-electron chi connectivity index (χ4n) is 3.07. The molecule has 1 aliphatic carbocycles. The van der Waals surface area contributed by atoms with Gasteiger partial charge in [-0.15, -0.1) is 0 Å². The summed E-state index contributed by atoms with van der Waals surface area (Å²) < 4.78 is 26.6. The van der Waals surface area contributed by atoms with E-state index in [0.29, 0.717) is 21.3 Å². The van der Waals surface area contributed by atoms with Crippen molar-refractivity contribution in [1.82, 2.24) is 4.57 Å². The van der Waals surface area contributed by atoms with Crippen molar-refractivity contribution in [2.24, 2.45) is 7.05 Å². The maximum absolute atomic E-state index is 12.6. The number of nitrogens with one attached hydrogen (secondary N) is 1. The zero-order chi connectivity index (χ0) is 18.2. The molecule has 134 valence electrons. The van der Waals surface area contributed by atoms with E-state index in [1.54, 1.807) is 19.2 Å². The zero-order valence-corrected chi connectivity index (χ0v) is 16.0. The average molecular weight is 401 g/mol. The molecule has 1 saturated carbocycles. The van der Waals surface area contributed by atoms with Crippen LogP contribution >= 0.6 is 23.2 Å². The van der Waals surface area contributed by atoms with Crippen molar-refractivity contribution in [3.8, 4) is 0 Å². The molecular formula is C17H18Cl2N2O3S. The quantitative estimate of drug-likeness (QED) is 0.831. The number of carbonyl (C=O) groups is 1. The molecular weight excluding hydrogens is 383 g/mol. The van der Waals surface area contributed by atoms with Crippen LogP contribution < -0.4 is 5.32 Å². The first kappa shape index (κ1) is 18.3. The Hall–Kier alpha value is -1.50. The molecule has 0 spiro atoms. The van der Waals surface area contributed by atoms with Crippen LogP contribution in [-0.2, 0) is 16.9 Å². The molecule has 8 heteroatoms. The lowest BCUT2D eigenvalue weighted by Crippen LogP contribution is -2.18. The highest BCUT2D eigenvalue weighted by Gasteiger charge is 2.30. The van der Waals surface area contributed by atoms with Gasteiger partial charge in [0, 0.05) is 12.7 Å². The molecule has 0 bridgehead atoms. The van der Waals surface area contributed by atoms with Crippen LogP contribution in [0.1, 0.15) is 36.2 Å². The second-order valence-electron chi connectivity index (χ2n) is 6.16. The standard InChI is InChI=1S/C17H18Cl2N2O3S/c1-21-15(10-14(18)16(21)19)17(22)20-11-6-8-13(9-7-11)25(23,24)12-4-2-3-5-12/h6-10,12H,2-5H2,1H3,(H,20,22). The van der Waals surface area contributed by atoms with Crippen LogP contribution in [0, 0.1) is 0 Å². The third-order valence-corrected chi connectivity index (χ3v) is 7.65. The number of halogens is 2. The van der Waals surface area contributed by atoms with Gasteiger partial charge in [-0.2, -0.15) is 0 Å². The Kier molecular flexibility index (Phi) is 5.14. The minimum absolute atomic E-state index is 0.282. The second kappa shape index (κ2) is 7.02. The minimum atomic E-state index is -3.30. The maximum Gasteiger partial charge on any atom is 0.272 e. The van der Waals surface area contributed by atoms with Gasteiger partial charge < -0.3 is 9.88 Å². The summed E-state index contributed by atoms with van der Waals surface area (Å²) in [6.45, 7) is 0. The highest BCUT2D eigenvalue weighted by molar-refractivity contribution is 7.92. The molecule has 1 aromatic carbocycles. The summed E-state index contributed by atoms with van der Waals surface area (Å²) in [7, 11) is -1.66. The molecule has 3 rings (SSSR count). The van der Waals surface area contributed by atoms with Crippen molar-refractivity contribution in [3.05, 3.63) is 46.2 Å². The number of rotatable bonds is 4. The molecule has 1 aromatic heterocycles. The third-order valence-electron chi connectivity index (χ3n) is 4.53. The lowest BCUT2D eigenvalue weighted by Gasteiger charge is -2.12. The third kappa shape index (κ3) is 3.57. The summed E-state index contributed by atoms with van der Waals surface area (Å²) in [6, 6.07) is 7.73. The molecule has 1 N–H and O–H groups in total. The molecule has 0 atom stereocenters. The average Bonchev–Trinajstić information content (AvgIpc) is 3.21. The lowest BCUT2D eigenvalue weighted by molar-refractivity contribution is 0.101. The topological polar surface area (TPSA) is 68.2 Å². The summed E-state index contributed by atoms with van der Waals surface area (Å²) in [6.07, 6.45) is 3.35. The predicted octanol–water partition coefficient (Wildman–Crippen LogP) is 4.30. The van der Waals surface area contributed by atoms with Crippen LogP contribution in [0.3, 0.4) is 0 Å². The number of nitrogens with zero attached hydrogens (tertiary/aromatic N) is 1. The van der Waals surface area contributed by atoms with Gasteiger partial charge in [0.25, 0.3) is 5.91 Å². The molecule has 0 radical (unpaired) electrons. The van der Waals surface area contributed by atoms with Crippen molar-refractivity contribution in [2.75, 3.05) is 5.32 Å². The summed E-state index contributed by atoms with van der Waals surface area (Å²) in [4.78, 5) is 12.6. The van der Waals surface area contributed by atoms with Gasteiger partial charge in [0.15, 0.2) is 9.84 Å². The Morgan fingerprint density at radius 2 is 1.76 bits per heavy atom. The van der Waals surface area contributed by atoms with Crippen molar-refractivity contribution in [3.63, 3.8) is 0 Å². The van der Waals surface area contributed by atoms with Gasteiger partial charge in [-0.05, 0) is 43.2 Å². The first-order valence-electron chi connectivity index (χ1n) is 7.96. The normalized spacial score (nSPS) is 15.5. The number of hydrogen-bond donors (Lipinski definition) is 1. The SMILES string of the molecule is Cn1c(C(=O)Nc2ccc(S(=O)(=O)C3CCCC3)cc2)cc(Cl)c1Cl. The van der Waals surface area contributed by atoms with Gasteiger partial charge in [-0.25, -0.2) is 8.42 Å². The molecule has 0 unspecified atom stereocenters. The minimum Gasteiger partial charge on any atom is -0.329 e. The summed E-state index contributed by atoms with van der Waals surface area (Å²) in [5.41, 5.74) is 0.821. The Morgan fingerprint density at radius 3 is 2.28 bits per heavy atom. The number of sulfone groups is 1. The first-order chi connectivity index (χ1) is 11.8. The molecule has 1 aliphatic rings. The van der Waals surface area contributed by atoms with E-state index in [2.05, 4.69) is 5.32 Å². The van der Waals surface area contributed by atoms with Crippen LogP contribution in [0.2, 0.25) is 10.2 Å². The van der Waals surface area contributed by atoms with E-state index in [-0.39, 0.29) is 16.3 Å². The molecule has 0 saturated heterocycles. The van der Waals surface area contributed by atoms with Crippen molar-refractivity contribution < 1.29 is 13.2 Å². The molecule has 25 heavy (non-hydrogen) atoms. The van der Waals surface area contributed by atoms with Crippen LogP contribution in [0.4, 0.5) is 5.69 Å². The van der Waals surface area contributed by atoms with Crippen LogP contribution in [0.25, 0.3) is 0 Å². The lowest BCUT2D eigenvalue weighted by atomic mass is 10.3. The Labute approximate surface area is 156 Å². The Morgan fingerprint density at radius 1 is 1.16 bits per heavy atom. The fourth-order valence-corrected chi connectivity index (χ4v) is 5.30. The van der Waals surface area contributed by atoms with E-state index < -0.39 is 9.84 Å². The summed E-state index contributed by atoms with van der Waals surface area (Å²) >= 11 is 11.9. The number of benzene rings is 1. The van der Waals surface area contributed by atoms with Crippen LogP contribution in [0.15, 0.2) is 35.2 Å². The monoisotopic (exact) mass is 400 g/mol. The van der Waals surface area contributed by atoms with E-state index in [9.17, 15) is 13.2 Å². The zero-order valence-electron chi connectivity index (χ0n) is 13.6. The van der Waals surface area contributed by atoms with Gasteiger partial charge in [-0.1, -0.05) is 36.0 Å². The fraction of sp³-hybridized carbons (Fsp3) is 0.353. The number of hydrogen-bond acceptors (Lipinski definition) is 3. The van der Waals surface area contributed by atoms with Gasteiger partial charge in [-0.3, -0.25) is 4.79 Å². The number of amides is 1. The first-order valence-corrected chi connectivity index (χ1v) is 10.3. The molecule has 1 fully saturated rings. The highest BCUT2D eigenvalue weighted by Crippen LogP contribution is 2.30. The molecule has 1 heterocycles. The number of anilines is 1. The Balaban J connectivity index is 1.76. The van der Waals surface area contributed by atoms with Crippen molar-refractivity contribution in [2.45, 2.75) is 35.8 Å². The van der Waals surface area contributed by atoms with E-state index in [1.807, 2.05) is 0 Å². The van der Waals surface area contributed by atoms with Crippen LogP contribution in [-0.4, -0.2) is 24.1 Å². The van der Waals surface area contributed by atoms with Crippen molar-refractivity contribution >= 4 is 44.6 Å². The number of aromatic nitrogens is 1. The molecule has 2 aromatic rings. The largest absolute Gasteiger partial charge is 0.329 e. The summed E-state index contributed by atoms with van der Waals surface area (Å²) in [5, 5.41) is 3.01. The van der Waals surface area contributed by atoms with Crippen LogP contribution in [0.5, 0.6) is 0 Å². The van der Waals surface area contributed by atoms with Gasteiger partial charge in [0.05, 0.1) is 15.2 Å². The Bertz CT molecular complexity index is 899. The molecule has 1 amide bonds. The maximum atomic E-state index is 12.6. The smallest absolute Gasteiger partial charge is 0.272 e.